The molecule has 0 saturated heterocycles. The summed E-state index contributed by atoms with van der Waals surface area (Å²) in [5.74, 6) is 0. The van der Waals surface area contributed by atoms with Crippen LogP contribution in [0.15, 0.2) is 18.2 Å². The summed E-state index contributed by atoms with van der Waals surface area (Å²) in [6.07, 6.45) is 0. The number of hydrogen-bond donors (Lipinski definition) is 2. The molecule has 16 heavy (non-hydrogen) atoms. The van der Waals surface area contributed by atoms with Gasteiger partial charge in [-0.3, -0.25) is 0 Å². The van der Waals surface area contributed by atoms with Crippen molar-refractivity contribution in [3.8, 4) is 6.07 Å². The molecule has 0 spiro atoms. The van der Waals surface area contributed by atoms with E-state index < -0.39 is 0 Å². The molecule has 0 saturated carbocycles. The molecule has 1 unspecified atom stereocenters. The molecule has 1 aromatic carbocycles. The Labute approximate surface area is 95.7 Å². The molecule has 0 amide bonds. The third-order valence-electron chi connectivity index (χ3n) is 2.67. The molecule has 1 atom stereocenters. The molecule has 1 heterocycles. The lowest BCUT2D eigenvalue weighted by atomic mass is 10.1. The lowest BCUT2D eigenvalue weighted by Gasteiger charge is -2.33. The second-order valence-corrected chi connectivity index (χ2v) is 4.19. The average molecular weight is 216 g/mol. The molecule has 0 fully saturated rings. The second-order valence-electron chi connectivity index (χ2n) is 4.19. The maximum Gasteiger partial charge on any atom is 0.0992 e. The fraction of sp³-hybridized carbons (Fsp3) is 0.417. The number of anilines is 2. The molecule has 0 bridgehead atoms. The number of nitrogens with two attached hydrogens (primary N) is 1. The minimum atomic E-state index is 0.154. The zero-order chi connectivity index (χ0) is 11.5. The van der Waals surface area contributed by atoms with Gasteiger partial charge in [-0.1, -0.05) is 0 Å². The van der Waals surface area contributed by atoms with Crippen molar-refractivity contribution in [1.82, 2.24) is 0 Å². The molecule has 2 rings (SSSR count). The van der Waals surface area contributed by atoms with E-state index >= 15 is 0 Å². The first-order valence-corrected chi connectivity index (χ1v) is 5.49. The van der Waals surface area contributed by atoms with Gasteiger partial charge in [0.1, 0.15) is 0 Å². The molecule has 1 aliphatic rings. The van der Waals surface area contributed by atoms with Gasteiger partial charge in [-0.05, 0) is 25.1 Å². The standard InChI is InChI=1S/C12H16N4/c1-9(14)8-16-5-4-15-11-6-10(7-13)2-3-12(11)16/h2-3,6,9,15H,4-5,8,14H2,1H3. The number of fused-ring (bicyclic) bond motifs is 1. The maximum atomic E-state index is 8.84. The molecular weight excluding hydrogens is 200 g/mol. The van der Waals surface area contributed by atoms with Crippen LogP contribution in [0.3, 0.4) is 0 Å². The molecule has 1 aliphatic heterocycles. The van der Waals surface area contributed by atoms with Gasteiger partial charge < -0.3 is 16.0 Å². The van der Waals surface area contributed by atoms with Crippen LogP contribution >= 0.6 is 0 Å². The van der Waals surface area contributed by atoms with E-state index in [9.17, 15) is 0 Å². The normalized spacial score (nSPS) is 15.9. The Balaban J connectivity index is 2.29. The number of nitrogens with zero attached hydrogens (tertiary/aromatic N) is 2. The Morgan fingerprint density at radius 3 is 3.12 bits per heavy atom. The zero-order valence-electron chi connectivity index (χ0n) is 9.40. The highest BCUT2D eigenvalue weighted by molar-refractivity contribution is 5.73. The van der Waals surface area contributed by atoms with E-state index in [2.05, 4.69) is 16.3 Å². The van der Waals surface area contributed by atoms with Crippen LogP contribution < -0.4 is 16.0 Å². The molecule has 3 N–H and O–H groups in total. The number of hydrogen-bond acceptors (Lipinski definition) is 4. The Kier molecular flexibility index (Phi) is 2.97. The molecule has 4 nitrogen and oxygen atoms in total. The highest BCUT2D eigenvalue weighted by Gasteiger charge is 2.17. The van der Waals surface area contributed by atoms with Crippen molar-refractivity contribution >= 4 is 11.4 Å². The van der Waals surface area contributed by atoms with Gasteiger partial charge in [-0.25, -0.2) is 0 Å². The van der Waals surface area contributed by atoms with E-state index in [0.29, 0.717) is 5.56 Å². The maximum absolute atomic E-state index is 8.84. The number of benzene rings is 1. The van der Waals surface area contributed by atoms with E-state index in [1.165, 1.54) is 0 Å². The van der Waals surface area contributed by atoms with E-state index in [0.717, 1.165) is 31.0 Å². The summed E-state index contributed by atoms with van der Waals surface area (Å²) < 4.78 is 0. The van der Waals surface area contributed by atoms with Crippen LogP contribution in [0.5, 0.6) is 0 Å². The third-order valence-corrected chi connectivity index (χ3v) is 2.67. The van der Waals surface area contributed by atoms with Crippen molar-refractivity contribution in [2.24, 2.45) is 5.73 Å². The highest BCUT2D eigenvalue weighted by atomic mass is 15.2. The van der Waals surface area contributed by atoms with Crippen LogP contribution in [-0.4, -0.2) is 25.7 Å². The van der Waals surface area contributed by atoms with Gasteiger partial charge in [0, 0.05) is 25.7 Å². The monoisotopic (exact) mass is 216 g/mol. The average Bonchev–Trinajstić information content (AvgIpc) is 2.28. The van der Waals surface area contributed by atoms with Crippen molar-refractivity contribution in [2.75, 3.05) is 29.9 Å². The van der Waals surface area contributed by atoms with E-state index in [4.69, 9.17) is 11.0 Å². The summed E-state index contributed by atoms with van der Waals surface area (Å²) in [5, 5.41) is 12.1. The summed E-state index contributed by atoms with van der Waals surface area (Å²) in [5.41, 5.74) is 8.69. The summed E-state index contributed by atoms with van der Waals surface area (Å²) in [6.45, 7) is 4.71. The van der Waals surface area contributed by atoms with Gasteiger partial charge in [0.2, 0.25) is 0 Å². The largest absolute Gasteiger partial charge is 0.382 e. The third kappa shape index (κ3) is 2.10. The molecule has 0 aromatic heterocycles. The minimum Gasteiger partial charge on any atom is -0.382 e. The lowest BCUT2D eigenvalue weighted by molar-refractivity contribution is 0.675. The second kappa shape index (κ2) is 4.42. The molecule has 84 valence electrons. The fourth-order valence-corrected chi connectivity index (χ4v) is 2.01. The minimum absolute atomic E-state index is 0.154. The summed E-state index contributed by atoms with van der Waals surface area (Å²) in [4.78, 5) is 2.26. The van der Waals surface area contributed by atoms with E-state index in [1.807, 2.05) is 25.1 Å². The van der Waals surface area contributed by atoms with E-state index in [-0.39, 0.29) is 6.04 Å². The predicted molar refractivity (Wildman–Crippen MR) is 65.5 cm³/mol. The Bertz CT molecular complexity index is 420. The summed E-state index contributed by atoms with van der Waals surface area (Å²) >= 11 is 0. The van der Waals surface area contributed by atoms with Crippen molar-refractivity contribution in [3.05, 3.63) is 23.8 Å². The van der Waals surface area contributed by atoms with Crippen LogP contribution in [-0.2, 0) is 0 Å². The topological polar surface area (TPSA) is 65.1 Å². The zero-order valence-corrected chi connectivity index (χ0v) is 9.40. The molecular formula is C12H16N4. The first kappa shape index (κ1) is 10.8. The van der Waals surface area contributed by atoms with Gasteiger partial charge in [0.05, 0.1) is 23.0 Å². The predicted octanol–water partition coefficient (Wildman–Crippen LogP) is 1.14. The summed E-state index contributed by atoms with van der Waals surface area (Å²) in [7, 11) is 0. The quantitative estimate of drug-likeness (QED) is 0.778. The van der Waals surface area contributed by atoms with E-state index in [1.54, 1.807) is 0 Å². The van der Waals surface area contributed by atoms with Gasteiger partial charge in [0.15, 0.2) is 0 Å². The van der Waals surface area contributed by atoms with Gasteiger partial charge in [-0.15, -0.1) is 0 Å². The number of nitriles is 1. The summed E-state index contributed by atoms with van der Waals surface area (Å²) in [6, 6.07) is 8.03. The van der Waals surface area contributed by atoms with Crippen LogP contribution in [0.2, 0.25) is 0 Å². The van der Waals surface area contributed by atoms with Crippen molar-refractivity contribution in [2.45, 2.75) is 13.0 Å². The van der Waals surface area contributed by atoms with Crippen LogP contribution in [0.4, 0.5) is 11.4 Å². The van der Waals surface area contributed by atoms with Gasteiger partial charge in [0.25, 0.3) is 0 Å². The molecule has 4 heteroatoms. The van der Waals surface area contributed by atoms with Crippen molar-refractivity contribution < 1.29 is 0 Å². The Morgan fingerprint density at radius 2 is 2.44 bits per heavy atom. The Morgan fingerprint density at radius 1 is 1.62 bits per heavy atom. The van der Waals surface area contributed by atoms with Crippen LogP contribution in [0.25, 0.3) is 0 Å². The lowest BCUT2D eigenvalue weighted by Crippen LogP contribution is -2.41. The van der Waals surface area contributed by atoms with Gasteiger partial charge in [-0.2, -0.15) is 5.26 Å². The highest BCUT2D eigenvalue weighted by Crippen LogP contribution is 2.29. The van der Waals surface area contributed by atoms with Crippen LogP contribution in [0.1, 0.15) is 12.5 Å². The first-order valence-electron chi connectivity index (χ1n) is 5.49. The Hall–Kier alpha value is -1.73. The van der Waals surface area contributed by atoms with Crippen molar-refractivity contribution in [1.29, 1.82) is 5.26 Å². The molecule has 0 aliphatic carbocycles. The number of nitrogens with one attached hydrogen (secondary N) is 1. The molecule has 0 radical (unpaired) electrons. The first-order chi connectivity index (χ1) is 7.70. The molecule has 1 aromatic rings. The van der Waals surface area contributed by atoms with Crippen molar-refractivity contribution in [3.63, 3.8) is 0 Å². The number of rotatable bonds is 2. The van der Waals surface area contributed by atoms with Gasteiger partial charge >= 0.3 is 0 Å². The smallest absolute Gasteiger partial charge is 0.0992 e. The SMILES string of the molecule is CC(N)CN1CCNc2cc(C#N)ccc21. The fourth-order valence-electron chi connectivity index (χ4n) is 2.01. The van der Waals surface area contributed by atoms with Crippen LogP contribution in [0, 0.1) is 11.3 Å².